The zero-order valence-electron chi connectivity index (χ0n) is 10.5. The molecule has 4 heteroatoms. The minimum atomic E-state index is 0.354. The Morgan fingerprint density at radius 3 is 2.83 bits per heavy atom. The molecule has 0 spiro atoms. The molecule has 0 radical (unpaired) electrons. The van der Waals surface area contributed by atoms with Gasteiger partial charge in [-0.25, -0.2) is 0 Å². The molecule has 4 nitrogen and oxygen atoms in total. The lowest BCUT2D eigenvalue weighted by molar-refractivity contribution is 0.0473. The normalized spacial score (nSPS) is 28.2. The second kappa shape index (κ2) is 4.98. The SMILES string of the molecule is NC1=NCC(C2CCCOC2)N1c1ccccc1. The molecule has 0 aliphatic carbocycles. The van der Waals surface area contributed by atoms with Gasteiger partial charge in [-0.1, -0.05) is 18.2 Å². The zero-order valence-corrected chi connectivity index (χ0v) is 10.5. The van der Waals surface area contributed by atoms with E-state index in [1.54, 1.807) is 0 Å². The third-order valence-electron chi connectivity index (χ3n) is 3.79. The molecule has 1 saturated heterocycles. The first-order valence-electron chi connectivity index (χ1n) is 6.58. The summed E-state index contributed by atoms with van der Waals surface area (Å²) < 4.78 is 5.60. The fourth-order valence-corrected chi connectivity index (χ4v) is 2.86. The first kappa shape index (κ1) is 11.5. The molecule has 2 atom stereocenters. The van der Waals surface area contributed by atoms with E-state index >= 15 is 0 Å². The molecular formula is C14H19N3O. The van der Waals surface area contributed by atoms with Gasteiger partial charge in [0, 0.05) is 18.2 Å². The molecule has 0 aromatic heterocycles. The van der Waals surface area contributed by atoms with E-state index in [1.165, 1.54) is 6.42 Å². The Balaban J connectivity index is 1.82. The number of aliphatic imine (C=N–C) groups is 1. The number of nitrogens with zero attached hydrogens (tertiary/aromatic N) is 2. The van der Waals surface area contributed by atoms with Crippen LogP contribution in [0.15, 0.2) is 35.3 Å². The quantitative estimate of drug-likeness (QED) is 0.861. The average molecular weight is 245 g/mol. The van der Waals surface area contributed by atoms with Gasteiger partial charge >= 0.3 is 0 Å². The largest absolute Gasteiger partial charge is 0.381 e. The fourth-order valence-electron chi connectivity index (χ4n) is 2.86. The van der Waals surface area contributed by atoms with Crippen molar-refractivity contribution in [2.75, 3.05) is 24.7 Å². The van der Waals surface area contributed by atoms with Crippen molar-refractivity contribution >= 4 is 11.6 Å². The standard InChI is InChI=1S/C14H19N3O/c15-14-16-9-13(11-5-4-8-18-10-11)17(14)12-6-2-1-3-7-12/h1-3,6-7,11,13H,4-5,8-10H2,(H2,15,16). The minimum Gasteiger partial charge on any atom is -0.381 e. The molecule has 0 amide bonds. The Labute approximate surface area is 107 Å². The van der Waals surface area contributed by atoms with Gasteiger partial charge in [0.1, 0.15) is 0 Å². The number of rotatable bonds is 2. The van der Waals surface area contributed by atoms with Crippen molar-refractivity contribution in [3.05, 3.63) is 30.3 Å². The van der Waals surface area contributed by atoms with Crippen molar-refractivity contribution in [1.82, 2.24) is 0 Å². The first-order valence-corrected chi connectivity index (χ1v) is 6.58. The van der Waals surface area contributed by atoms with Gasteiger partial charge < -0.3 is 15.4 Å². The van der Waals surface area contributed by atoms with Gasteiger partial charge in [0.05, 0.1) is 19.2 Å². The molecule has 0 saturated carbocycles. The van der Waals surface area contributed by atoms with E-state index in [0.717, 1.165) is 31.9 Å². The predicted octanol–water partition coefficient (Wildman–Crippen LogP) is 1.62. The minimum absolute atomic E-state index is 0.354. The van der Waals surface area contributed by atoms with Crippen LogP contribution in [0.3, 0.4) is 0 Å². The molecule has 1 aromatic rings. The smallest absolute Gasteiger partial charge is 0.196 e. The van der Waals surface area contributed by atoms with Gasteiger partial charge in [0.25, 0.3) is 0 Å². The number of guanidine groups is 1. The van der Waals surface area contributed by atoms with Crippen molar-refractivity contribution in [3.63, 3.8) is 0 Å². The highest BCUT2D eigenvalue weighted by molar-refractivity contribution is 5.97. The van der Waals surface area contributed by atoms with E-state index in [9.17, 15) is 0 Å². The number of benzene rings is 1. The second-order valence-electron chi connectivity index (χ2n) is 4.95. The lowest BCUT2D eigenvalue weighted by Crippen LogP contribution is -2.47. The van der Waals surface area contributed by atoms with Crippen LogP contribution in [-0.4, -0.2) is 31.8 Å². The molecule has 2 aliphatic rings. The zero-order chi connectivity index (χ0) is 12.4. The van der Waals surface area contributed by atoms with Crippen molar-refractivity contribution in [2.24, 2.45) is 16.6 Å². The Morgan fingerprint density at radius 1 is 1.28 bits per heavy atom. The lowest BCUT2D eigenvalue weighted by Gasteiger charge is -2.34. The van der Waals surface area contributed by atoms with Crippen LogP contribution in [-0.2, 0) is 4.74 Å². The first-order chi connectivity index (χ1) is 8.86. The average Bonchev–Trinajstić information content (AvgIpc) is 2.83. The van der Waals surface area contributed by atoms with Crippen molar-refractivity contribution in [2.45, 2.75) is 18.9 Å². The molecule has 0 bridgehead atoms. The third kappa shape index (κ3) is 2.08. The van der Waals surface area contributed by atoms with E-state index in [2.05, 4.69) is 22.0 Å². The summed E-state index contributed by atoms with van der Waals surface area (Å²) in [5.74, 6) is 1.17. The van der Waals surface area contributed by atoms with E-state index in [-0.39, 0.29) is 0 Å². The Bertz CT molecular complexity index is 426. The van der Waals surface area contributed by atoms with Gasteiger partial charge in [0.2, 0.25) is 0 Å². The lowest BCUT2D eigenvalue weighted by atomic mass is 9.93. The van der Waals surface area contributed by atoms with Crippen molar-refractivity contribution < 1.29 is 4.74 Å². The maximum atomic E-state index is 6.04. The predicted molar refractivity (Wildman–Crippen MR) is 72.7 cm³/mol. The molecule has 1 fully saturated rings. The molecule has 2 heterocycles. The van der Waals surface area contributed by atoms with Crippen LogP contribution in [0.2, 0.25) is 0 Å². The van der Waals surface area contributed by atoms with E-state index < -0.39 is 0 Å². The Hall–Kier alpha value is -1.55. The number of ether oxygens (including phenoxy) is 1. The highest BCUT2D eigenvalue weighted by atomic mass is 16.5. The van der Waals surface area contributed by atoms with E-state index in [4.69, 9.17) is 10.5 Å². The monoisotopic (exact) mass is 245 g/mol. The number of hydrogen-bond acceptors (Lipinski definition) is 4. The highest BCUT2D eigenvalue weighted by Crippen LogP contribution is 2.28. The summed E-state index contributed by atoms with van der Waals surface area (Å²) in [7, 11) is 0. The summed E-state index contributed by atoms with van der Waals surface area (Å²) in [5.41, 5.74) is 7.17. The van der Waals surface area contributed by atoms with Crippen LogP contribution in [0.5, 0.6) is 0 Å². The van der Waals surface area contributed by atoms with E-state index in [1.807, 2.05) is 18.2 Å². The summed E-state index contributed by atoms with van der Waals surface area (Å²) >= 11 is 0. The highest BCUT2D eigenvalue weighted by Gasteiger charge is 2.34. The van der Waals surface area contributed by atoms with Gasteiger partial charge in [-0.05, 0) is 25.0 Å². The number of anilines is 1. The summed E-state index contributed by atoms with van der Waals surface area (Å²) in [4.78, 5) is 6.58. The molecule has 1 aromatic carbocycles. The molecule has 2 unspecified atom stereocenters. The summed E-state index contributed by atoms with van der Waals surface area (Å²) in [6.45, 7) is 2.51. The third-order valence-corrected chi connectivity index (χ3v) is 3.79. The summed E-state index contributed by atoms with van der Waals surface area (Å²) in [5, 5.41) is 0. The maximum absolute atomic E-state index is 6.04. The molecular weight excluding hydrogens is 226 g/mol. The molecule has 2 aliphatic heterocycles. The Kier molecular flexibility index (Phi) is 3.19. The van der Waals surface area contributed by atoms with Crippen molar-refractivity contribution in [3.8, 4) is 0 Å². The fraction of sp³-hybridized carbons (Fsp3) is 0.500. The second-order valence-corrected chi connectivity index (χ2v) is 4.95. The van der Waals surface area contributed by atoms with Gasteiger partial charge in [-0.3, -0.25) is 4.99 Å². The van der Waals surface area contributed by atoms with Crippen molar-refractivity contribution in [1.29, 1.82) is 0 Å². The van der Waals surface area contributed by atoms with Crippen LogP contribution in [0.4, 0.5) is 5.69 Å². The number of para-hydroxylation sites is 1. The molecule has 2 N–H and O–H groups in total. The van der Waals surface area contributed by atoms with Crippen LogP contribution >= 0.6 is 0 Å². The summed E-state index contributed by atoms with van der Waals surface area (Å²) in [6.07, 6.45) is 2.35. The number of hydrogen-bond donors (Lipinski definition) is 1. The van der Waals surface area contributed by atoms with Crippen LogP contribution in [0.1, 0.15) is 12.8 Å². The van der Waals surface area contributed by atoms with Gasteiger partial charge in [0.15, 0.2) is 5.96 Å². The molecule has 3 rings (SSSR count). The van der Waals surface area contributed by atoms with E-state index in [0.29, 0.717) is 17.9 Å². The van der Waals surface area contributed by atoms with Gasteiger partial charge in [-0.2, -0.15) is 0 Å². The topological polar surface area (TPSA) is 50.9 Å². The van der Waals surface area contributed by atoms with Crippen LogP contribution < -0.4 is 10.6 Å². The maximum Gasteiger partial charge on any atom is 0.196 e. The molecule has 18 heavy (non-hydrogen) atoms. The van der Waals surface area contributed by atoms with Gasteiger partial charge in [-0.15, -0.1) is 0 Å². The Morgan fingerprint density at radius 2 is 2.11 bits per heavy atom. The van der Waals surface area contributed by atoms with Crippen LogP contribution in [0.25, 0.3) is 0 Å². The summed E-state index contributed by atoms with van der Waals surface area (Å²) in [6, 6.07) is 10.6. The number of nitrogens with two attached hydrogens (primary N) is 1. The van der Waals surface area contributed by atoms with Crippen LogP contribution in [0, 0.1) is 5.92 Å². The molecule has 96 valence electrons.